The lowest BCUT2D eigenvalue weighted by atomic mass is 9.87. The zero-order valence-electron chi connectivity index (χ0n) is 15.2. The molecule has 1 aromatic carbocycles. The third-order valence-corrected chi connectivity index (χ3v) is 4.37. The lowest BCUT2D eigenvalue weighted by Gasteiger charge is -2.23. The van der Waals surface area contributed by atoms with Crippen molar-refractivity contribution < 1.29 is 9.59 Å². The van der Waals surface area contributed by atoms with Crippen LogP contribution in [-0.2, 0) is 9.59 Å². The molecule has 1 rings (SSSR count). The molecule has 0 fully saturated rings. The van der Waals surface area contributed by atoms with Gasteiger partial charge in [0, 0.05) is 22.2 Å². The van der Waals surface area contributed by atoms with Gasteiger partial charge in [-0.15, -0.1) is 0 Å². The van der Waals surface area contributed by atoms with E-state index in [0.717, 1.165) is 19.3 Å². The minimum atomic E-state index is -0.414. The molecule has 128 valence electrons. The molecule has 1 aromatic rings. The molecule has 2 amide bonds. The molecule has 23 heavy (non-hydrogen) atoms. The third-order valence-electron chi connectivity index (χ3n) is 4.37. The average molecular weight is 318 g/mol. The van der Waals surface area contributed by atoms with E-state index in [2.05, 4.69) is 17.6 Å². The van der Waals surface area contributed by atoms with Gasteiger partial charge in [0.25, 0.3) is 0 Å². The molecule has 0 saturated carbocycles. The zero-order chi connectivity index (χ0) is 17.7. The Morgan fingerprint density at radius 1 is 0.913 bits per heavy atom. The first-order valence-corrected chi connectivity index (χ1v) is 8.35. The smallest absolute Gasteiger partial charge is 0.230 e. The number of amides is 2. The number of benzene rings is 1. The fraction of sp³-hybridized carbons (Fsp3) is 0.579. The largest absolute Gasteiger partial charge is 0.326 e. The molecule has 0 radical (unpaired) electrons. The van der Waals surface area contributed by atoms with Gasteiger partial charge in [0.05, 0.1) is 0 Å². The second-order valence-corrected chi connectivity index (χ2v) is 7.36. The van der Waals surface area contributed by atoms with E-state index in [1.165, 1.54) is 0 Å². The van der Waals surface area contributed by atoms with E-state index in [0.29, 0.717) is 11.4 Å². The number of hydrogen-bond donors (Lipinski definition) is 2. The summed E-state index contributed by atoms with van der Waals surface area (Å²) >= 11 is 0. The number of carbonyl (C=O) groups excluding carboxylic acids is 2. The van der Waals surface area contributed by atoms with Crippen LogP contribution in [0.5, 0.6) is 0 Å². The number of carbonyl (C=O) groups is 2. The van der Waals surface area contributed by atoms with Crippen molar-refractivity contribution in [2.45, 2.75) is 60.8 Å². The van der Waals surface area contributed by atoms with Crippen molar-refractivity contribution in [3.05, 3.63) is 24.3 Å². The van der Waals surface area contributed by atoms with Crippen molar-refractivity contribution in [3.8, 4) is 0 Å². The van der Waals surface area contributed by atoms with Crippen LogP contribution < -0.4 is 10.6 Å². The average Bonchev–Trinajstić information content (AvgIpc) is 2.47. The Morgan fingerprint density at radius 2 is 1.39 bits per heavy atom. The molecule has 0 unspecified atom stereocenters. The van der Waals surface area contributed by atoms with Gasteiger partial charge in [-0.05, 0) is 31.0 Å². The number of hydrogen-bond acceptors (Lipinski definition) is 2. The van der Waals surface area contributed by atoms with Crippen molar-refractivity contribution in [2.75, 3.05) is 10.6 Å². The lowest BCUT2D eigenvalue weighted by Crippen LogP contribution is -2.31. The molecule has 0 aliphatic rings. The first-order valence-electron chi connectivity index (χ1n) is 8.35. The van der Waals surface area contributed by atoms with Gasteiger partial charge >= 0.3 is 0 Å². The van der Waals surface area contributed by atoms with Crippen LogP contribution in [0.25, 0.3) is 0 Å². The van der Waals surface area contributed by atoms with Crippen molar-refractivity contribution in [3.63, 3.8) is 0 Å². The van der Waals surface area contributed by atoms with E-state index in [1.54, 1.807) is 6.07 Å². The molecule has 0 saturated heterocycles. The number of nitrogens with one attached hydrogen (secondary N) is 2. The normalized spacial score (nSPS) is 11.9. The quantitative estimate of drug-likeness (QED) is 0.756. The summed E-state index contributed by atoms with van der Waals surface area (Å²) in [5, 5.41) is 5.86. The maximum Gasteiger partial charge on any atom is 0.230 e. The van der Waals surface area contributed by atoms with Gasteiger partial charge in [-0.3, -0.25) is 9.59 Å². The van der Waals surface area contributed by atoms with Crippen molar-refractivity contribution >= 4 is 23.2 Å². The molecular weight excluding hydrogens is 288 g/mol. The predicted octanol–water partition coefficient (Wildman–Crippen LogP) is 4.83. The molecule has 4 nitrogen and oxygen atoms in total. The first kappa shape index (κ1) is 19.2. The molecule has 0 heterocycles. The van der Waals surface area contributed by atoms with Gasteiger partial charge in [-0.1, -0.05) is 54.0 Å². The van der Waals surface area contributed by atoms with E-state index in [9.17, 15) is 9.59 Å². The fourth-order valence-corrected chi connectivity index (χ4v) is 2.17. The zero-order valence-corrected chi connectivity index (χ0v) is 15.2. The summed E-state index contributed by atoms with van der Waals surface area (Å²) in [7, 11) is 0. The van der Waals surface area contributed by atoms with E-state index in [-0.39, 0.29) is 11.8 Å². The van der Waals surface area contributed by atoms with Gasteiger partial charge in [-0.25, -0.2) is 0 Å². The van der Waals surface area contributed by atoms with Crippen LogP contribution >= 0.6 is 0 Å². The molecule has 0 spiro atoms. The van der Waals surface area contributed by atoms with Crippen LogP contribution in [0.3, 0.4) is 0 Å². The minimum absolute atomic E-state index is 0.00304. The molecule has 0 aromatic heterocycles. The summed E-state index contributed by atoms with van der Waals surface area (Å²) in [6.07, 6.45) is 2.56. The Hall–Kier alpha value is -1.84. The highest BCUT2D eigenvalue weighted by molar-refractivity contribution is 5.97. The van der Waals surface area contributed by atoms with Crippen molar-refractivity contribution in [1.29, 1.82) is 0 Å². The second-order valence-electron chi connectivity index (χ2n) is 7.36. The van der Waals surface area contributed by atoms with E-state index in [1.807, 2.05) is 52.8 Å². The first-order chi connectivity index (χ1) is 10.6. The SMILES string of the molecule is CCCC(C)(C)C(=O)Nc1cccc(NC(=O)C(C)(C)CC)c1. The number of rotatable bonds is 7. The predicted molar refractivity (Wildman–Crippen MR) is 96.5 cm³/mol. The van der Waals surface area contributed by atoms with Crippen molar-refractivity contribution in [1.82, 2.24) is 0 Å². The Kier molecular flexibility index (Phi) is 6.37. The lowest BCUT2D eigenvalue weighted by molar-refractivity contribution is -0.124. The maximum absolute atomic E-state index is 12.4. The standard InChI is InChI=1S/C19H30N2O2/c1-7-12-19(5,6)17(23)21-15-11-9-10-14(13-15)20-16(22)18(3,4)8-2/h9-11,13H,7-8,12H2,1-6H3,(H,20,22)(H,21,23). The van der Waals surface area contributed by atoms with Crippen molar-refractivity contribution in [2.24, 2.45) is 10.8 Å². The Bertz CT molecular complexity index is 562. The summed E-state index contributed by atoms with van der Waals surface area (Å²) in [5.74, 6) is -0.0218. The van der Waals surface area contributed by atoms with E-state index < -0.39 is 10.8 Å². The van der Waals surface area contributed by atoms with Crippen LogP contribution in [0, 0.1) is 10.8 Å². The second kappa shape index (κ2) is 7.62. The molecular formula is C19H30N2O2. The summed E-state index contributed by atoms with van der Waals surface area (Å²) in [4.78, 5) is 24.6. The molecule has 4 heteroatoms. The molecule has 0 atom stereocenters. The van der Waals surface area contributed by atoms with Crippen LogP contribution in [0.2, 0.25) is 0 Å². The molecule has 0 aliphatic carbocycles. The minimum Gasteiger partial charge on any atom is -0.326 e. The van der Waals surface area contributed by atoms with E-state index in [4.69, 9.17) is 0 Å². The number of anilines is 2. The highest BCUT2D eigenvalue weighted by Crippen LogP contribution is 2.26. The van der Waals surface area contributed by atoms with Gasteiger partial charge in [0.1, 0.15) is 0 Å². The van der Waals surface area contributed by atoms with Crippen LogP contribution in [0.15, 0.2) is 24.3 Å². The van der Waals surface area contributed by atoms with Gasteiger partial charge < -0.3 is 10.6 Å². The van der Waals surface area contributed by atoms with Crippen LogP contribution in [0.4, 0.5) is 11.4 Å². The highest BCUT2D eigenvalue weighted by atomic mass is 16.2. The summed E-state index contributed by atoms with van der Waals surface area (Å²) in [5.41, 5.74) is 0.578. The van der Waals surface area contributed by atoms with E-state index >= 15 is 0 Å². The highest BCUT2D eigenvalue weighted by Gasteiger charge is 2.27. The topological polar surface area (TPSA) is 58.2 Å². The summed E-state index contributed by atoms with van der Waals surface area (Å²) in [6.45, 7) is 11.8. The Labute approximate surface area is 140 Å². The van der Waals surface area contributed by atoms with Gasteiger partial charge in [0.15, 0.2) is 0 Å². The van der Waals surface area contributed by atoms with Gasteiger partial charge in [0.2, 0.25) is 11.8 Å². The maximum atomic E-state index is 12.4. The Morgan fingerprint density at radius 3 is 1.83 bits per heavy atom. The fourth-order valence-electron chi connectivity index (χ4n) is 2.17. The summed E-state index contributed by atoms with van der Waals surface area (Å²) in [6, 6.07) is 7.29. The molecule has 2 N–H and O–H groups in total. The monoisotopic (exact) mass is 318 g/mol. The molecule has 0 bridgehead atoms. The van der Waals surface area contributed by atoms with Crippen LogP contribution in [0.1, 0.15) is 60.8 Å². The van der Waals surface area contributed by atoms with Gasteiger partial charge in [-0.2, -0.15) is 0 Å². The Balaban J connectivity index is 2.82. The van der Waals surface area contributed by atoms with Crippen LogP contribution in [-0.4, -0.2) is 11.8 Å². The summed E-state index contributed by atoms with van der Waals surface area (Å²) < 4.78 is 0. The molecule has 0 aliphatic heterocycles. The third kappa shape index (κ3) is 5.38.